The van der Waals surface area contributed by atoms with E-state index in [1.165, 1.54) is 12.5 Å². The van der Waals surface area contributed by atoms with Crippen molar-refractivity contribution in [3.05, 3.63) is 60.2 Å². The van der Waals surface area contributed by atoms with Crippen LogP contribution in [-0.4, -0.2) is 25.8 Å². The number of fused-ring (bicyclic) bond motifs is 1. The Morgan fingerprint density at radius 2 is 2.17 bits per heavy atom. The predicted octanol–water partition coefficient (Wildman–Crippen LogP) is 3.04. The first kappa shape index (κ1) is 15.5. The molecule has 2 atom stereocenters. The van der Waals surface area contributed by atoms with Crippen LogP contribution in [0.3, 0.4) is 0 Å². The molecule has 4 rings (SSSR count). The third-order valence-electron chi connectivity index (χ3n) is 4.43. The van der Waals surface area contributed by atoms with Crippen molar-refractivity contribution in [2.24, 2.45) is 0 Å². The summed E-state index contributed by atoms with van der Waals surface area (Å²) in [6.07, 6.45) is 6.76. The molecule has 1 saturated heterocycles. The number of benzene rings is 1. The number of hydrogen-bond donors (Lipinski definition) is 1. The second-order valence-electron chi connectivity index (χ2n) is 6.03. The average Bonchev–Trinajstić information content (AvgIpc) is 3.24. The normalized spacial score (nSPS) is 19.0. The van der Waals surface area contributed by atoms with Crippen LogP contribution in [0.5, 0.6) is 0 Å². The van der Waals surface area contributed by atoms with Gasteiger partial charge in [0.05, 0.1) is 15.9 Å². The maximum atomic E-state index is 14.0. The Morgan fingerprint density at radius 1 is 1.29 bits per heavy atom. The summed E-state index contributed by atoms with van der Waals surface area (Å²) in [5, 5.41) is 3.48. The number of nitrogens with one attached hydrogen (secondary N) is 1. The van der Waals surface area contributed by atoms with Gasteiger partial charge >= 0.3 is 0 Å². The van der Waals surface area contributed by atoms with Crippen molar-refractivity contribution in [2.75, 3.05) is 6.54 Å². The van der Waals surface area contributed by atoms with Crippen LogP contribution in [-0.2, 0) is 17.4 Å². The molecular weight excluding hydrogens is 325 g/mol. The molecule has 1 unspecified atom stereocenters. The number of aromatic nitrogens is 2. The van der Waals surface area contributed by atoms with E-state index in [2.05, 4.69) is 10.3 Å². The fourth-order valence-corrected chi connectivity index (χ4v) is 4.46. The molecule has 1 fully saturated rings. The van der Waals surface area contributed by atoms with Crippen LogP contribution in [0.2, 0.25) is 0 Å². The minimum absolute atomic E-state index is 0.184. The van der Waals surface area contributed by atoms with Crippen LogP contribution in [0, 0.1) is 5.82 Å². The summed E-state index contributed by atoms with van der Waals surface area (Å²) >= 11 is 0. The number of pyridine rings is 1. The van der Waals surface area contributed by atoms with Gasteiger partial charge in [0.1, 0.15) is 5.82 Å². The molecule has 1 aliphatic rings. The highest BCUT2D eigenvalue weighted by molar-refractivity contribution is 7.83. The van der Waals surface area contributed by atoms with Crippen molar-refractivity contribution in [3.8, 4) is 0 Å². The Kier molecular flexibility index (Phi) is 4.16. The fraction of sp³-hybridized carbons (Fsp3) is 0.278. The molecule has 6 heteroatoms. The lowest BCUT2D eigenvalue weighted by Gasteiger charge is -2.08. The molecule has 4 nitrogen and oxygen atoms in total. The molecule has 0 spiro atoms. The quantitative estimate of drug-likeness (QED) is 0.792. The van der Waals surface area contributed by atoms with Gasteiger partial charge in [-0.15, -0.1) is 0 Å². The summed E-state index contributed by atoms with van der Waals surface area (Å²) in [6.45, 7) is 1.04. The summed E-state index contributed by atoms with van der Waals surface area (Å²) in [4.78, 5) is 4.65. The summed E-state index contributed by atoms with van der Waals surface area (Å²) in [5.74, 6) is -0.458. The highest BCUT2D eigenvalue weighted by Crippen LogP contribution is 2.25. The highest BCUT2D eigenvalue weighted by Gasteiger charge is 2.21. The van der Waals surface area contributed by atoms with Crippen molar-refractivity contribution < 1.29 is 8.60 Å². The molecule has 1 aromatic carbocycles. The van der Waals surface area contributed by atoms with Gasteiger partial charge in [-0.25, -0.2) is 8.60 Å². The zero-order chi connectivity index (χ0) is 16.5. The molecule has 1 N–H and O–H groups in total. The number of rotatable bonds is 4. The monoisotopic (exact) mass is 343 g/mol. The zero-order valence-electron chi connectivity index (χ0n) is 13.1. The Morgan fingerprint density at radius 3 is 2.96 bits per heavy atom. The van der Waals surface area contributed by atoms with Gasteiger partial charge < -0.3 is 5.32 Å². The molecule has 3 aromatic rings. The molecular formula is C18H18FN3OS. The molecule has 0 saturated carbocycles. The Balaban J connectivity index is 1.78. The van der Waals surface area contributed by atoms with E-state index in [4.69, 9.17) is 0 Å². The van der Waals surface area contributed by atoms with E-state index >= 15 is 0 Å². The van der Waals surface area contributed by atoms with E-state index in [-0.39, 0.29) is 4.90 Å². The van der Waals surface area contributed by atoms with E-state index in [1.807, 2.05) is 18.3 Å². The van der Waals surface area contributed by atoms with Crippen molar-refractivity contribution in [3.63, 3.8) is 0 Å². The second kappa shape index (κ2) is 6.45. The van der Waals surface area contributed by atoms with Crippen LogP contribution >= 0.6 is 0 Å². The maximum absolute atomic E-state index is 14.0. The predicted molar refractivity (Wildman–Crippen MR) is 92.7 cm³/mol. The van der Waals surface area contributed by atoms with E-state index < -0.39 is 16.8 Å². The van der Waals surface area contributed by atoms with Gasteiger partial charge in [-0.3, -0.25) is 8.96 Å². The van der Waals surface area contributed by atoms with E-state index in [0.717, 1.165) is 36.0 Å². The molecule has 0 amide bonds. The van der Waals surface area contributed by atoms with Gasteiger partial charge in [-0.1, -0.05) is 12.1 Å². The third kappa shape index (κ3) is 2.76. The lowest BCUT2D eigenvalue weighted by Crippen LogP contribution is -2.23. The summed E-state index contributed by atoms with van der Waals surface area (Å²) in [5.41, 5.74) is 2.66. The SMILES string of the molecule is O=S(c1ccccc1F)n1cc(C[C@H]2CCCN2)c2ncccc21. The zero-order valence-corrected chi connectivity index (χ0v) is 13.9. The topological polar surface area (TPSA) is 46.9 Å². The Hall–Kier alpha value is -2.05. The average molecular weight is 343 g/mol. The first-order valence-corrected chi connectivity index (χ1v) is 9.20. The minimum Gasteiger partial charge on any atom is -0.314 e. The molecule has 2 aromatic heterocycles. The molecule has 0 aliphatic carbocycles. The van der Waals surface area contributed by atoms with Crippen LogP contribution in [0.1, 0.15) is 18.4 Å². The lowest BCUT2D eigenvalue weighted by atomic mass is 10.1. The first-order chi connectivity index (χ1) is 11.7. The van der Waals surface area contributed by atoms with Crippen molar-refractivity contribution in [1.29, 1.82) is 0 Å². The number of hydrogen-bond acceptors (Lipinski definition) is 3. The van der Waals surface area contributed by atoms with Gasteiger partial charge in [0.2, 0.25) is 0 Å². The summed E-state index contributed by atoms with van der Waals surface area (Å²) in [6, 6.07) is 10.3. The molecule has 0 bridgehead atoms. The van der Waals surface area contributed by atoms with Crippen LogP contribution in [0.4, 0.5) is 4.39 Å². The molecule has 124 valence electrons. The molecule has 3 heterocycles. The van der Waals surface area contributed by atoms with Crippen molar-refractivity contribution >= 4 is 22.0 Å². The van der Waals surface area contributed by atoms with E-state index in [0.29, 0.717) is 6.04 Å². The standard InChI is InChI=1S/C18H18FN3OS/c19-15-6-1-2-8-17(15)24(23)22-12-13(11-14-5-3-9-20-14)18-16(22)7-4-10-21-18/h1-2,4,6-8,10,12,14,20H,3,5,9,11H2/t14-,24?/m1/s1. The first-order valence-electron chi connectivity index (χ1n) is 8.09. The van der Waals surface area contributed by atoms with Crippen LogP contribution in [0.25, 0.3) is 11.0 Å². The fourth-order valence-electron chi connectivity index (χ4n) is 3.27. The number of nitrogens with zero attached hydrogens (tertiary/aromatic N) is 2. The van der Waals surface area contributed by atoms with Crippen LogP contribution < -0.4 is 5.32 Å². The van der Waals surface area contributed by atoms with Gasteiger partial charge in [0.15, 0.2) is 11.0 Å². The van der Waals surface area contributed by atoms with Gasteiger partial charge in [-0.2, -0.15) is 0 Å². The Bertz CT molecular complexity index is 902. The van der Waals surface area contributed by atoms with Gasteiger partial charge in [0.25, 0.3) is 0 Å². The Labute approximate surface area is 142 Å². The van der Waals surface area contributed by atoms with E-state index in [1.54, 1.807) is 28.4 Å². The van der Waals surface area contributed by atoms with Crippen molar-refractivity contribution in [1.82, 2.24) is 14.3 Å². The highest BCUT2D eigenvalue weighted by atomic mass is 32.2. The molecule has 0 radical (unpaired) electrons. The summed E-state index contributed by atoms with van der Waals surface area (Å²) in [7, 11) is -1.63. The van der Waals surface area contributed by atoms with Gasteiger partial charge in [-0.05, 0) is 55.6 Å². The second-order valence-corrected chi connectivity index (χ2v) is 7.36. The van der Waals surface area contributed by atoms with E-state index in [9.17, 15) is 8.60 Å². The molecule has 1 aliphatic heterocycles. The lowest BCUT2D eigenvalue weighted by molar-refractivity contribution is 0.594. The third-order valence-corrected chi connectivity index (χ3v) is 5.80. The van der Waals surface area contributed by atoms with Gasteiger partial charge in [0, 0.05) is 18.4 Å². The largest absolute Gasteiger partial charge is 0.314 e. The minimum atomic E-state index is -1.63. The smallest absolute Gasteiger partial charge is 0.160 e. The maximum Gasteiger partial charge on any atom is 0.160 e. The van der Waals surface area contributed by atoms with Crippen LogP contribution in [0.15, 0.2) is 53.7 Å². The number of halogens is 1. The molecule has 24 heavy (non-hydrogen) atoms. The van der Waals surface area contributed by atoms with Crippen molar-refractivity contribution in [2.45, 2.75) is 30.2 Å². The summed E-state index contributed by atoms with van der Waals surface area (Å²) < 4.78 is 28.6.